The Labute approximate surface area is 124 Å². The first-order valence-electron chi connectivity index (χ1n) is 6.73. The van der Waals surface area contributed by atoms with Crippen molar-refractivity contribution in [3.8, 4) is 6.07 Å². The zero-order valence-electron chi connectivity index (χ0n) is 11.8. The van der Waals surface area contributed by atoms with Crippen molar-refractivity contribution < 1.29 is 0 Å². The molecule has 20 heavy (non-hydrogen) atoms. The van der Waals surface area contributed by atoms with E-state index in [1.807, 2.05) is 42.1 Å². The lowest BCUT2D eigenvalue weighted by atomic mass is 10.1. The highest BCUT2D eigenvalue weighted by Crippen LogP contribution is 2.29. The van der Waals surface area contributed by atoms with E-state index in [0.717, 1.165) is 11.4 Å². The lowest BCUT2D eigenvalue weighted by molar-refractivity contribution is 0.879. The summed E-state index contributed by atoms with van der Waals surface area (Å²) in [5.74, 6) is 1.06. The fourth-order valence-corrected chi connectivity index (χ4v) is 2.80. The molecule has 102 valence electrons. The average molecular weight is 282 g/mol. The van der Waals surface area contributed by atoms with Gasteiger partial charge in [-0.1, -0.05) is 31.2 Å². The molecule has 2 aromatic rings. The Morgan fingerprint density at radius 2 is 1.85 bits per heavy atom. The first kappa shape index (κ1) is 14.5. The molecule has 1 atom stereocenters. The summed E-state index contributed by atoms with van der Waals surface area (Å²) in [5, 5.41) is 12.4. The molecule has 2 nitrogen and oxygen atoms in total. The highest BCUT2D eigenvalue weighted by Gasteiger charge is 2.08. The Morgan fingerprint density at radius 3 is 2.50 bits per heavy atom. The topological polar surface area (TPSA) is 35.8 Å². The average Bonchev–Trinajstić information content (AvgIpc) is 2.49. The molecule has 0 spiro atoms. The van der Waals surface area contributed by atoms with Crippen LogP contribution in [0.15, 0.2) is 53.4 Å². The predicted molar refractivity (Wildman–Crippen MR) is 86.0 cm³/mol. The number of benzene rings is 2. The second kappa shape index (κ2) is 7.02. The van der Waals surface area contributed by atoms with Gasteiger partial charge >= 0.3 is 0 Å². The number of thioether (sulfide) groups is 1. The Kier molecular flexibility index (Phi) is 5.09. The summed E-state index contributed by atoms with van der Waals surface area (Å²) in [4.78, 5) is 1.27. The molecular formula is C17H18N2S. The van der Waals surface area contributed by atoms with Crippen LogP contribution in [0.5, 0.6) is 0 Å². The van der Waals surface area contributed by atoms with Crippen LogP contribution in [0.25, 0.3) is 0 Å². The molecule has 0 saturated carbocycles. The molecule has 0 aliphatic rings. The van der Waals surface area contributed by atoms with E-state index in [4.69, 9.17) is 5.26 Å². The van der Waals surface area contributed by atoms with Gasteiger partial charge in [0.2, 0.25) is 0 Å². The molecular weight excluding hydrogens is 264 g/mol. The molecule has 2 aromatic carbocycles. The summed E-state index contributed by atoms with van der Waals surface area (Å²) in [6.45, 7) is 4.29. The van der Waals surface area contributed by atoms with Crippen molar-refractivity contribution in [3.05, 3.63) is 59.7 Å². The Balaban J connectivity index is 2.14. The second-order valence-electron chi connectivity index (χ2n) is 4.53. The van der Waals surface area contributed by atoms with Gasteiger partial charge in [0.05, 0.1) is 11.6 Å². The van der Waals surface area contributed by atoms with Crippen molar-refractivity contribution in [2.75, 3.05) is 11.1 Å². The van der Waals surface area contributed by atoms with Crippen LogP contribution in [0.1, 0.15) is 31.0 Å². The highest BCUT2D eigenvalue weighted by atomic mass is 32.2. The summed E-state index contributed by atoms with van der Waals surface area (Å²) in [5.41, 5.74) is 3.04. The van der Waals surface area contributed by atoms with Gasteiger partial charge in [-0.05, 0) is 42.5 Å². The van der Waals surface area contributed by atoms with Crippen molar-refractivity contribution in [2.45, 2.75) is 24.8 Å². The second-order valence-corrected chi connectivity index (χ2v) is 5.83. The van der Waals surface area contributed by atoms with Crippen molar-refractivity contribution in [3.63, 3.8) is 0 Å². The number of nitriles is 1. The minimum absolute atomic E-state index is 0.210. The number of nitrogens with one attached hydrogen (secondary N) is 1. The number of hydrogen-bond donors (Lipinski definition) is 1. The molecule has 0 saturated heterocycles. The van der Waals surface area contributed by atoms with Crippen LogP contribution >= 0.6 is 11.8 Å². The van der Waals surface area contributed by atoms with E-state index >= 15 is 0 Å². The van der Waals surface area contributed by atoms with Gasteiger partial charge < -0.3 is 5.32 Å². The molecule has 0 aliphatic heterocycles. The SMILES string of the molecule is CCSc1ccccc1NC(C)c1ccc(C#N)cc1. The van der Waals surface area contributed by atoms with Crippen LogP contribution in [0.2, 0.25) is 0 Å². The Morgan fingerprint density at radius 1 is 1.15 bits per heavy atom. The van der Waals surface area contributed by atoms with Crippen molar-refractivity contribution in [2.24, 2.45) is 0 Å². The largest absolute Gasteiger partial charge is 0.378 e. The Hall–Kier alpha value is -1.92. The van der Waals surface area contributed by atoms with Crippen molar-refractivity contribution in [1.82, 2.24) is 0 Å². The van der Waals surface area contributed by atoms with Crippen LogP contribution in [0, 0.1) is 11.3 Å². The van der Waals surface area contributed by atoms with Crippen molar-refractivity contribution >= 4 is 17.4 Å². The molecule has 0 bridgehead atoms. The summed E-state index contributed by atoms with van der Waals surface area (Å²) in [7, 11) is 0. The maximum absolute atomic E-state index is 8.83. The third kappa shape index (κ3) is 3.55. The molecule has 0 fully saturated rings. The van der Waals surface area contributed by atoms with Gasteiger partial charge in [0.25, 0.3) is 0 Å². The Bertz CT molecular complexity index is 599. The molecule has 0 amide bonds. The number of anilines is 1. The molecule has 3 heteroatoms. The third-order valence-corrected chi connectivity index (χ3v) is 4.05. The lowest BCUT2D eigenvalue weighted by Crippen LogP contribution is -2.07. The van der Waals surface area contributed by atoms with E-state index in [-0.39, 0.29) is 6.04 Å². The summed E-state index contributed by atoms with van der Waals surface area (Å²) in [6.07, 6.45) is 0. The zero-order valence-corrected chi connectivity index (χ0v) is 12.6. The first-order chi connectivity index (χ1) is 9.74. The molecule has 0 aromatic heterocycles. The van der Waals surface area contributed by atoms with Gasteiger partial charge in [-0.25, -0.2) is 0 Å². The minimum Gasteiger partial charge on any atom is -0.378 e. The van der Waals surface area contributed by atoms with E-state index in [9.17, 15) is 0 Å². The fourth-order valence-electron chi connectivity index (χ4n) is 2.03. The molecule has 0 radical (unpaired) electrons. The van der Waals surface area contributed by atoms with Gasteiger partial charge in [0.15, 0.2) is 0 Å². The molecule has 2 rings (SSSR count). The van der Waals surface area contributed by atoms with Gasteiger partial charge in [-0.15, -0.1) is 11.8 Å². The number of nitrogens with zero attached hydrogens (tertiary/aromatic N) is 1. The van der Waals surface area contributed by atoms with Crippen LogP contribution in [0.4, 0.5) is 5.69 Å². The first-order valence-corrected chi connectivity index (χ1v) is 7.71. The van der Waals surface area contributed by atoms with E-state index in [1.165, 1.54) is 10.5 Å². The minimum atomic E-state index is 0.210. The predicted octanol–water partition coefficient (Wildman–Crippen LogP) is 4.84. The van der Waals surface area contributed by atoms with Crippen LogP contribution in [-0.4, -0.2) is 5.75 Å². The van der Waals surface area contributed by atoms with E-state index in [2.05, 4.69) is 43.4 Å². The lowest BCUT2D eigenvalue weighted by Gasteiger charge is -2.18. The quantitative estimate of drug-likeness (QED) is 0.797. The standard InChI is InChI=1S/C17H18N2S/c1-3-20-17-7-5-4-6-16(17)19-13(2)15-10-8-14(12-18)9-11-15/h4-11,13,19H,3H2,1-2H3. The molecule has 1 unspecified atom stereocenters. The smallest absolute Gasteiger partial charge is 0.0991 e. The van der Waals surface area contributed by atoms with E-state index < -0.39 is 0 Å². The monoisotopic (exact) mass is 282 g/mol. The number of hydrogen-bond acceptors (Lipinski definition) is 3. The maximum atomic E-state index is 8.83. The van der Waals surface area contributed by atoms with Crippen LogP contribution in [0.3, 0.4) is 0 Å². The maximum Gasteiger partial charge on any atom is 0.0991 e. The van der Waals surface area contributed by atoms with Crippen LogP contribution < -0.4 is 5.32 Å². The number of rotatable bonds is 5. The van der Waals surface area contributed by atoms with Crippen LogP contribution in [-0.2, 0) is 0 Å². The van der Waals surface area contributed by atoms with Gasteiger partial charge in [-0.2, -0.15) is 5.26 Å². The van der Waals surface area contributed by atoms with Gasteiger partial charge in [-0.3, -0.25) is 0 Å². The zero-order chi connectivity index (χ0) is 14.4. The van der Waals surface area contributed by atoms with Crippen molar-refractivity contribution in [1.29, 1.82) is 5.26 Å². The third-order valence-electron chi connectivity index (χ3n) is 3.10. The fraction of sp³-hybridized carbons (Fsp3) is 0.235. The molecule has 1 N–H and O–H groups in total. The van der Waals surface area contributed by atoms with Gasteiger partial charge in [0, 0.05) is 16.6 Å². The summed E-state index contributed by atoms with van der Waals surface area (Å²) >= 11 is 1.84. The van der Waals surface area contributed by atoms with E-state index in [1.54, 1.807) is 0 Å². The normalized spacial score (nSPS) is 11.7. The highest BCUT2D eigenvalue weighted by molar-refractivity contribution is 7.99. The number of para-hydroxylation sites is 1. The summed E-state index contributed by atoms with van der Waals surface area (Å²) in [6, 6.07) is 18.5. The molecule has 0 aliphatic carbocycles. The summed E-state index contributed by atoms with van der Waals surface area (Å²) < 4.78 is 0. The molecule has 0 heterocycles. The van der Waals surface area contributed by atoms with E-state index in [0.29, 0.717) is 5.56 Å². The van der Waals surface area contributed by atoms with Gasteiger partial charge in [0.1, 0.15) is 0 Å².